The van der Waals surface area contributed by atoms with E-state index in [-0.39, 0.29) is 17.6 Å². The first kappa shape index (κ1) is 10.8. The molecule has 3 nitrogen and oxygen atoms in total. The molecule has 0 aromatic carbocycles. The van der Waals surface area contributed by atoms with E-state index in [9.17, 15) is 0 Å². The Hall–Kier alpha value is -0.250. The van der Waals surface area contributed by atoms with Gasteiger partial charge in [-0.1, -0.05) is 18.6 Å². The van der Waals surface area contributed by atoms with Crippen molar-refractivity contribution < 1.29 is 15.1 Å². The Balaban J connectivity index is 2.75. The standard InChI is InChI=1S/C8H15B2O3/c1-5-4-8(10(12)13)6(2)3-7(5)9-11/h3,5,7-8,11-13H,4H2,1-2H3/t5-,7?,8?/m0/s1. The van der Waals surface area contributed by atoms with Crippen molar-refractivity contribution in [1.29, 1.82) is 0 Å². The fourth-order valence-corrected chi connectivity index (χ4v) is 1.88. The van der Waals surface area contributed by atoms with Gasteiger partial charge in [0.1, 0.15) is 0 Å². The molecule has 1 radical (unpaired) electrons. The molecule has 0 amide bonds. The molecule has 0 aromatic rings. The zero-order valence-corrected chi connectivity index (χ0v) is 8.01. The third-order valence-corrected chi connectivity index (χ3v) is 2.86. The van der Waals surface area contributed by atoms with Crippen LogP contribution in [0.3, 0.4) is 0 Å². The molecule has 3 atom stereocenters. The van der Waals surface area contributed by atoms with E-state index in [4.69, 9.17) is 15.1 Å². The average molecular weight is 181 g/mol. The maximum absolute atomic E-state index is 9.07. The monoisotopic (exact) mass is 181 g/mol. The van der Waals surface area contributed by atoms with Crippen molar-refractivity contribution in [2.75, 3.05) is 0 Å². The molecule has 13 heavy (non-hydrogen) atoms. The third kappa shape index (κ3) is 2.36. The first-order valence-corrected chi connectivity index (χ1v) is 4.58. The molecule has 0 saturated carbocycles. The van der Waals surface area contributed by atoms with Crippen LogP contribution in [0.1, 0.15) is 20.3 Å². The van der Waals surface area contributed by atoms with Crippen LogP contribution in [-0.2, 0) is 0 Å². The maximum atomic E-state index is 9.07. The van der Waals surface area contributed by atoms with Gasteiger partial charge >= 0.3 is 7.12 Å². The normalized spacial score (nSPS) is 33.9. The Morgan fingerprint density at radius 1 is 1.54 bits per heavy atom. The summed E-state index contributed by atoms with van der Waals surface area (Å²) >= 11 is 0. The highest BCUT2D eigenvalue weighted by Gasteiger charge is 2.33. The highest BCUT2D eigenvalue weighted by atomic mass is 16.4. The lowest BCUT2D eigenvalue weighted by atomic mass is 9.56. The van der Waals surface area contributed by atoms with E-state index in [0.29, 0.717) is 6.42 Å². The van der Waals surface area contributed by atoms with Crippen molar-refractivity contribution in [3.8, 4) is 0 Å². The molecule has 5 heteroatoms. The van der Waals surface area contributed by atoms with Gasteiger partial charge < -0.3 is 15.1 Å². The second-order valence-electron chi connectivity index (χ2n) is 3.87. The van der Waals surface area contributed by atoms with Gasteiger partial charge in [-0.05, 0) is 25.1 Å². The fraction of sp³-hybridized carbons (Fsp3) is 0.750. The van der Waals surface area contributed by atoms with Gasteiger partial charge in [0.15, 0.2) is 0 Å². The van der Waals surface area contributed by atoms with Gasteiger partial charge in [0.25, 0.3) is 7.48 Å². The molecule has 3 N–H and O–H groups in total. The smallest absolute Gasteiger partial charge is 0.454 e. The quantitative estimate of drug-likeness (QED) is 0.421. The van der Waals surface area contributed by atoms with Gasteiger partial charge in [-0.3, -0.25) is 0 Å². The molecule has 71 valence electrons. The van der Waals surface area contributed by atoms with E-state index in [1.165, 1.54) is 7.48 Å². The molecule has 0 bridgehead atoms. The van der Waals surface area contributed by atoms with Crippen molar-refractivity contribution in [1.82, 2.24) is 0 Å². The molecule has 0 fully saturated rings. The van der Waals surface area contributed by atoms with Crippen LogP contribution in [-0.4, -0.2) is 29.7 Å². The lowest BCUT2D eigenvalue weighted by molar-refractivity contribution is 0.365. The van der Waals surface area contributed by atoms with Crippen LogP contribution in [0.25, 0.3) is 0 Å². The number of hydrogen-bond acceptors (Lipinski definition) is 3. The summed E-state index contributed by atoms with van der Waals surface area (Å²) in [5.74, 6) is 0.140. The van der Waals surface area contributed by atoms with Crippen LogP contribution >= 0.6 is 0 Å². The summed E-state index contributed by atoms with van der Waals surface area (Å²) in [7, 11) is -0.105. The van der Waals surface area contributed by atoms with Gasteiger partial charge in [-0.15, -0.1) is 0 Å². The van der Waals surface area contributed by atoms with Gasteiger partial charge in [0.05, 0.1) is 0 Å². The third-order valence-electron chi connectivity index (χ3n) is 2.86. The van der Waals surface area contributed by atoms with Crippen LogP contribution in [0.2, 0.25) is 11.6 Å². The molecular formula is C8H15B2O3. The Labute approximate surface area is 79.9 Å². The van der Waals surface area contributed by atoms with Crippen LogP contribution in [0, 0.1) is 5.92 Å². The van der Waals surface area contributed by atoms with Crippen molar-refractivity contribution >= 4 is 14.6 Å². The maximum Gasteiger partial charge on any atom is 0.459 e. The summed E-state index contributed by atoms with van der Waals surface area (Å²) in [6.07, 6.45) is 2.61. The summed E-state index contributed by atoms with van der Waals surface area (Å²) in [5, 5.41) is 27.0. The number of hydrogen-bond donors (Lipinski definition) is 3. The van der Waals surface area contributed by atoms with Crippen molar-refractivity contribution in [3.05, 3.63) is 11.6 Å². The van der Waals surface area contributed by atoms with Gasteiger partial charge in [-0.25, -0.2) is 0 Å². The van der Waals surface area contributed by atoms with Crippen molar-refractivity contribution in [3.63, 3.8) is 0 Å². The Morgan fingerprint density at radius 3 is 2.62 bits per heavy atom. The van der Waals surface area contributed by atoms with Crippen LogP contribution < -0.4 is 0 Å². The molecular weight excluding hydrogens is 166 g/mol. The van der Waals surface area contributed by atoms with E-state index >= 15 is 0 Å². The predicted molar refractivity (Wildman–Crippen MR) is 53.2 cm³/mol. The first-order chi connectivity index (χ1) is 6.06. The van der Waals surface area contributed by atoms with Crippen molar-refractivity contribution in [2.45, 2.75) is 31.9 Å². The largest absolute Gasteiger partial charge is 0.459 e. The zero-order valence-electron chi connectivity index (χ0n) is 8.01. The highest BCUT2D eigenvalue weighted by Crippen LogP contribution is 2.39. The molecule has 0 saturated heterocycles. The lowest BCUT2D eigenvalue weighted by Gasteiger charge is -2.30. The Bertz CT molecular complexity index is 206. The summed E-state index contributed by atoms with van der Waals surface area (Å²) in [6.45, 7) is 3.86. The molecule has 1 aliphatic rings. The van der Waals surface area contributed by atoms with E-state index in [0.717, 1.165) is 5.57 Å². The van der Waals surface area contributed by atoms with E-state index < -0.39 is 7.12 Å². The number of rotatable bonds is 2. The second kappa shape index (κ2) is 4.31. The minimum absolute atomic E-state index is 0.0509. The van der Waals surface area contributed by atoms with Crippen LogP contribution in [0.5, 0.6) is 0 Å². The van der Waals surface area contributed by atoms with E-state index in [1.54, 1.807) is 0 Å². The SMILES string of the molecule is CC1=CC([B]O)[C@@H](C)CC1B(O)O. The fourth-order valence-electron chi connectivity index (χ4n) is 1.88. The summed E-state index contributed by atoms with van der Waals surface area (Å²) < 4.78 is 0. The number of allylic oxidation sites excluding steroid dienone is 2. The molecule has 0 aromatic heterocycles. The van der Waals surface area contributed by atoms with Crippen LogP contribution in [0.4, 0.5) is 0 Å². The lowest BCUT2D eigenvalue weighted by Crippen LogP contribution is -2.28. The summed E-state index contributed by atoms with van der Waals surface area (Å²) in [4.78, 5) is 0. The van der Waals surface area contributed by atoms with Gasteiger partial charge in [-0.2, -0.15) is 0 Å². The zero-order chi connectivity index (χ0) is 10.0. The van der Waals surface area contributed by atoms with E-state index in [1.807, 2.05) is 19.9 Å². The minimum Gasteiger partial charge on any atom is -0.454 e. The minimum atomic E-state index is -1.28. The van der Waals surface area contributed by atoms with Gasteiger partial charge in [0.2, 0.25) is 0 Å². The molecule has 0 spiro atoms. The average Bonchev–Trinajstić information content (AvgIpc) is 2.07. The molecule has 1 aliphatic carbocycles. The summed E-state index contributed by atoms with van der Waals surface area (Å²) in [5.41, 5.74) is 0.948. The van der Waals surface area contributed by atoms with Gasteiger partial charge in [0, 0.05) is 5.82 Å². The van der Waals surface area contributed by atoms with E-state index in [2.05, 4.69) is 0 Å². The topological polar surface area (TPSA) is 60.7 Å². The first-order valence-electron chi connectivity index (χ1n) is 4.58. The van der Waals surface area contributed by atoms with Crippen LogP contribution in [0.15, 0.2) is 11.6 Å². The molecule has 0 aliphatic heterocycles. The Morgan fingerprint density at radius 2 is 2.15 bits per heavy atom. The Kier molecular flexibility index (Phi) is 3.59. The molecule has 0 heterocycles. The molecule has 1 rings (SSSR count). The summed E-state index contributed by atoms with van der Waals surface area (Å²) in [6, 6.07) is 0. The predicted octanol–water partition coefficient (Wildman–Crippen LogP) is 0.215. The van der Waals surface area contributed by atoms with Crippen molar-refractivity contribution in [2.24, 2.45) is 5.92 Å². The molecule has 2 unspecified atom stereocenters. The second-order valence-corrected chi connectivity index (χ2v) is 3.87. The highest BCUT2D eigenvalue weighted by molar-refractivity contribution is 6.44.